The van der Waals surface area contributed by atoms with Crippen LogP contribution in [0.1, 0.15) is 44.6 Å². The van der Waals surface area contributed by atoms with Gasteiger partial charge in [0.1, 0.15) is 6.04 Å². The summed E-state index contributed by atoms with van der Waals surface area (Å²) >= 11 is 5.67. The number of halogens is 4. The maximum Gasteiger partial charge on any atom is 0.436 e. The summed E-state index contributed by atoms with van der Waals surface area (Å²) in [5.41, 5.74) is -1.08. The molecule has 0 aliphatic heterocycles. The molecule has 132 valence electrons. The number of ether oxygens (including phenoxy) is 1. The minimum Gasteiger partial charge on any atom is -0.379 e. The third-order valence-corrected chi connectivity index (χ3v) is 3.62. The summed E-state index contributed by atoms with van der Waals surface area (Å²) in [5.74, 6) is -0.425. The van der Waals surface area contributed by atoms with Crippen LogP contribution in [0.3, 0.4) is 0 Å². The van der Waals surface area contributed by atoms with Crippen molar-refractivity contribution < 1.29 is 22.7 Å². The van der Waals surface area contributed by atoms with Crippen molar-refractivity contribution in [3.05, 3.63) is 16.4 Å². The Bertz CT molecular complexity index is 544. The first-order valence-electron chi connectivity index (χ1n) is 7.26. The third-order valence-electron chi connectivity index (χ3n) is 3.16. The lowest BCUT2D eigenvalue weighted by Gasteiger charge is -2.15. The second-order valence-corrected chi connectivity index (χ2v) is 5.81. The van der Waals surface area contributed by atoms with Gasteiger partial charge in [-0.3, -0.25) is 9.48 Å². The molecule has 5 nitrogen and oxygen atoms in total. The zero-order valence-electron chi connectivity index (χ0n) is 13.5. The van der Waals surface area contributed by atoms with Gasteiger partial charge in [0, 0.05) is 13.2 Å². The minimum absolute atomic E-state index is 0.102. The lowest BCUT2D eigenvalue weighted by molar-refractivity contribution is -0.141. The highest BCUT2D eigenvalue weighted by atomic mass is 35.5. The number of hydrogen-bond acceptors (Lipinski definition) is 3. The molecule has 1 rings (SSSR count). The molecule has 0 spiro atoms. The highest BCUT2D eigenvalue weighted by Crippen LogP contribution is 2.36. The molecule has 0 radical (unpaired) electrons. The van der Waals surface area contributed by atoms with E-state index in [1.807, 2.05) is 13.8 Å². The fraction of sp³-hybridized carbons (Fsp3) is 0.714. The molecule has 0 fully saturated rings. The van der Waals surface area contributed by atoms with E-state index >= 15 is 0 Å². The first-order valence-corrected chi connectivity index (χ1v) is 7.64. The van der Waals surface area contributed by atoms with E-state index in [1.165, 1.54) is 13.8 Å². The van der Waals surface area contributed by atoms with Gasteiger partial charge in [0.05, 0.1) is 16.8 Å². The van der Waals surface area contributed by atoms with Crippen LogP contribution in [0.25, 0.3) is 0 Å². The van der Waals surface area contributed by atoms with Crippen LogP contribution in [-0.4, -0.2) is 34.9 Å². The number of carbonyl (C=O) groups is 1. The van der Waals surface area contributed by atoms with Crippen LogP contribution in [0.5, 0.6) is 0 Å². The predicted octanol–water partition coefficient (Wildman–Crippen LogP) is 3.36. The smallest absolute Gasteiger partial charge is 0.379 e. The zero-order chi connectivity index (χ0) is 17.8. The van der Waals surface area contributed by atoms with E-state index in [9.17, 15) is 18.0 Å². The molecular weight excluding hydrogens is 335 g/mol. The van der Waals surface area contributed by atoms with Crippen LogP contribution >= 0.6 is 11.6 Å². The molecule has 1 heterocycles. The van der Waals surface area contributed by atoms with Crippen molar-refractivity contribution in [2.75, 3.05) is 13.2 Å². The molecule has 1 aromatic rings. The fourth-order valence-electron chi connectivity index (χ4n) is 1.92. The first-order chi connectivity index (χ1) is 10.6. The topological polar surface area (TPSA) is 56.2 Å². The molecule has 0 aromatic carbocycles. The molecule has 1 N–H and O–H groups in total. The van der Waals surface area contributed by atoms with E-state index in [1.54, 1.807) is 0 Å². The molecule has 0 aliphatic rings. The highest BCUT2D eigenvalue weighted by Gasteiger charge is 2.39. The Morgan fingerprint density at radius 1 is 1.39 bits per heavy atom. The van der Waals surface area contributed by atoms with Crippen LogP contribution in [0.2, 0.25) is 5.02 Å². The Morgan fingerprint density at radius 3 is 2.48 bits per heavy atom. The van der Waals surface area contributed by atoms with Crippen LogP contribution < -0.4 is 5.32 Å². The summed E-state index contributed by atoms with van der Waals surface area (Å²) in [6.45, 7) is 7.54. The number of aromatic nitrogens is 2. The van der Waals surface area contributed by atoms with Gasteiger partial charge in [0.2, 0.25) is 5.91 Å². The molecule has 0 aliphatic carbocycles. The number of rotatable bonds is 7. The summed E-state index contributed by atoms with van der Waals surface area (Å²) in [6, 6.07) is -0.894. The second kappa shape index (κ2) is 8.01. The quantitative estimate of drug-likeness (QED) is 0.763. The number of hydrogen-bond donors (Lipinski definition) is 1. The molecule has 1 atom stereocenters. The van der Waals surface area contributed by atoms with Gasteiger partial charge in [0.15, 0.2) is 5.69 Å². The number of carbonyl (C=O) groups excluding carboxylic acids is 1. The lowest BCUT2D eigenvalue weighted by atomic mass is 10.3. The second-order valence-electron chi connectivity index (χ2n) is 5.43. The summed E-state index contributed by atoms with van der Waals surface area (Å²) in [6.07, 6.45) is -3.93. The number of alkyl halides is 3. The zero-order valence-corrected chi connectivity index (χ0v) is 14.3. The van der Waals surface area contributed by atoms with E-state index in [-0.39, 0.29) is 11.8 Å². The van der Waals surface area contributed by atoms with Gasteiger partial charge in [-0.2, -0.15) is 18.3 Å². The predicted molar refractivity (Wildman–Crippen MR) is 80.4 cm³/mol. The Labute approximate surface area is 138 Å². The normalized spacial score (nSPS) is 13.4. The minimum atomic E-state index is -4.66. The summed E-state index contributed by atoms with van der Waals surface area (Å²) < 4.78 is 44.7. The molecule has 23 heavy (non-hydrogen) atoms. The van der Waals surface area contributed by atoms with E-state index in [0.29, 0.717) is 19.6 Å². The van der Waals surface area contributed by atoms with Gasteiger partial charge in [-0.05, 0) is 34.1 Å². The summed E-state index contributed by atoms with van der Waals surface area (Å²) in [4.78, 5) is 12.0. The Hall–Kier alpha value is -1.28. The van der Waals surface area contributed by atoms with Gasteiger partial charge in [-0.1, -0.05) is 11.6 Å². The van der Waals surface area contributed by atoms with Crippen LogP contribution in [-0.2, 0) is 15.7 Å². The highest BCUT2D eigenvalue weighted by molar-refractivity contribution is 6.32. The first kappa shape index (κ1) is 19.8. The molecule has 1 unspecified atom stereocenters. The van der Waals surface area contributed by atoms with Crippen molar-refractivity contribution in [2.45, 2.75) is 52.4 Å². The molecule has 0 saturated carbocycles. The molecular formula is C14H21ClF3N3O2. The largest absolute Gasteiger partial charge is 0.436 e. The Balaban J connectivity index is 2.67. The number of nitrogens with one attached hydrogen (secondary N) is 1. The van der Waals surface area contributed by atoms with Crippen LogP contribution in [0, 0.1) is 6.92 Å². The van der Waals surface area contributed by atoms with Gasteiger partial charge in [-0.25, -0.2) is 0 Å². The SMILES string of the molecule is Cc1c(Cl)c(C(F)(F)F)nn1C(C)C(=O)NCCCOC(C)C. The molecule has 1 aromatic heterocycles. The van der Waals surface area contributed by atoms with E-state index in [0.717, 1.165) is 4.68 Å². The van der Waals surface area contributed by atoms with Gasteiger partial charge >= 0.3 is 6.18 Å². The average Bonchev–Trinajstić information content (AvgIpc) is 2.73. The maximum atomic E-state index is 12.8. The van der Waals surface area contributed by atoms with Crippen molar-refractivity contribution in [1.29, 1.82) is 0 Å². The molecule has 0 saturated heterocycles. The lowest BCUT2D eigenvalue weighted by Crippen LogP contribution is -2.33. The fourth-order valence-corrected chi connectivity index (χ4v) is 2.15. The van der Waals surface area contributed by atoms with Gasteiger partial charge < -0.3 is 10.1 Å². The monoisotopic (exact) mass is 355 g/mol. The van der Waals surface area contributed by atoms with Crippen LogP contribution in [0.15, 0.2) is 0 Å². The van der Waals surface area contributed by atoms with E-state index in [4.69, 9.17) is 16.3 Å². The number of amides is 1. The van der Waals surface area contributed by atoms with Gasteiger partial charge in [0.25, 0.3) is 0 Å². The summed E-state index contributed by atoms with van der Waals surface area (Å²) in [5, 5.41) is 5.60. The Kier molecular flexibility index (Phi) is 6.88. The van der Waals surface area contributed by atoms with Crippen molar-refractivity contribution in [2.24, 2.45) is 0 Å². The Morgan fingerprint density at radius 2 is 2.00 bits per heavy atom. The van der Waals surface area contributed by atoms with Gasteiger partial charge in [-0.15, -0.1) is 0 Å². The standard InChI is InChI=1S/C14H21ClF3N3O2/c1-8(2)23-7-5-6-19-13(22)10(4)21-9(3)11(15)12(20-21)14(16,17)18/h8,10H,5-7H2,1-4H3,(H,19,22). The number of nitrogens with zero attached hydrogens (tertiary/aromatic N) is 2. The summed E-state index contributed by atoms with van der Waals surface area (Å²) in [7, 11) is 0. The van der Waals surface area contributed by atoms with Crippen LogP contribution in [0.4, 0.5) is 13.2 Å². The van der Waals surface area contributed by atoms with Crippen molar-refractivity contribution in [3.8, 4) is 0 Å². The average molecular weight is 356 g/mol. The van der Waals surface area contributed by atoms with E-state index in [2.05, 4.69) is 10.4 Å². The van der Waals surface area contributed by atoms with Crippen molar-refractivity contribution in [1.82, 2.24) is 15.1 Å². The molecule has 1 amide bonds. The molecule has 0 bridgehead atoms. The molecule has 9 heteroatoms. The van der Waals surface area contributed by atoms with Crippen molar-refractivity contribution >= 4 is 17.5 Å². The van der Waals surface area contributed by atoms with E-state index < -0.39 is 28.8 Å². The third kappa shape index (κ3) is 5.39. The van der Waals surface area contributed by atoms with Crippen molar-refractivity contribution in [3.63, 3.8) is 0 Å². The maximum absolute atomic E-state index is 12.8.